The lowest BCUT2D eigenvalue weighted by molar-refractivity contribution is -0.117. The van der Waals surface area contributed by atoms with Crippen LogP contribution >= 0.6 is 0 Å². The summed E-state index contributed by atoms with van der Waals surface area (Å²) in [5, 5.41) is 30.6. The Balaban J connectivity index is 2.26. The summed E-state index contributed by atoms with van der Waals surface area (Å²) in [7, 11) is 0. The molecule has 0 bridgehead atoms. The molecule has 7 nitrogen and oxygen atoms in total. The van der Waals surface area contributed by atoms with Crippen molar-refractivity contribution < 1.29 is 19.4 Å². The lowest BCUT2D eigenvalue weighted by Crippen LogP contribution is -2.36. The molecular weight excluding hydrogens is 375 g/mol. The zero-order valence-corrected chi connectivity index (χ0v) is 16.8. The van der Waals surface area contributed by atoms with Crippen molar-refractivity contribution in [1.29, 1.82) is 5.26 Å². The minimum atomic E-state index is -0.327. The Morgan fingerprint density at radius 3 is 2.48 bits per heavy atom. The van der Waals surface area contributed by atoms with Gasteiger partial charge in [-0.15, -0.1) is 0 Å². The van der Waals surface area contributed by atoms with E-state index in [9.17, 15) is 19.6 Å². The number of hydrogen-bond donors (Lipinski definition) is 3. The number of nitrogens with zero attached hydrogens (tertiary/aromatic N) is 3. The van der Waals surface area contributed by atoms with Crippen molar-refractivity contribution >= 4 is 11.7 Å². The molecule has 2 aromatic rings. The van der Waals surface area contributed by atoms with Gasteiger partial charge in [-0.1, -0.05) is 12.1 Å². The third kappa shape index (κ3) is 5.87. The smallest absolute Gasteiger partial charge is 0.239 e. The summed E-state index contributed by atoms with van der Waals surface area (Å²) in [5.41, 5.74) is 2.85. The van der Waals surface area contributed by atoms with Crippen LogP contribution < -0.4 is 5.32 Å². The summed E-state index contributed by atoms with van der Waals surface area (Å²) in [6, 6.07) is 8.24. The first kappa shape index (κ1) is 22.6. The van der Waals surface area contributed by atoms with Crippen LogP contribution in [-0.4, -0.2) is 58.4 Å². The molecule has 0 atom stereocenters. The third-order valence-corrected chi connectivity index (χ3v) is 4.87. The molecular formula is C21H27FN4O3. The highest BCUT2D eigenvalue weighted by molar-refractivity contribution is 5.93. The second-order valence-corrected chi connectivity index (χ2v) is 6.88. The zero-order chi connectivity index (χ0) is 21.4. The first-order chi connectivity index (χ1) is 13.9. The van der Waals surface area contributed by atoms with E-state index in [1.165, 1.54) is 12.1 Å². The number of aliphatic hydroxyl groups is 2. The van der Waals surface area contributed by atoms with Crippen LogP contribution in [0.25, 0.3) is 0 Å². The first-order valence-electron chi connectivity index (χ1n) is 9.49. The van der Waals surface area contributed by atoms with Crippen molar-refractivity contribution in [3.05, 3.63) is 52.5 Å². The van der Waals surface area contributed by atoms with Crippen molar-refractivity contribution in [2.24, 2.45) is 0 Å². The number of nitrogens with one attached hydrogen (secondary N) is 1. The number of nitriles is 1. The van der Waals surface area contributed by atoms with Gasteiger partial charge in [-0.2, -0.15) is 5.26 Å². The van der Waals surface area contributed by atoms with Gasteiger partial charge in [0.05, 0.1) is 18.7 Å². The minimum Gasteiger partial charge on any atom is -0.396 e. The molecule has 8 heteroatoms. The van der Waals surface area contributed by atoms with Gasteiger partial charge in [0.2, 0.25) is 5.91 Å². The lowest BCUT2D eigenvalue weighted by atomic mass is 10.2. The maximum atomic E-state index is 13.2. The highest BCUT2D eigenvalue weighted by Gasteiger charge is 2.20. The average molecular weight is 402 g/mol. The van der Waals surface area contributed by atoms with Crippen LogP contribution in [-0.2, 0) is 11.3 Å². The normalized spacial score (nSPS) is 10.9. The molecule has 156 valence electrons. The van der Waals surface area contributed by atoms with E-state index in [-0.39, 0.29) is 31.5 Å². The van der Waals surface area contributed by atoms with Gasteiger partial charge < -0.3 is 20.1 Å². The number of rotatable bonds is 10. The average Bonchev–Trinajstić information content (AvgIpc) is 2.91. The molecule has 0 aliphatic rings. The molecule has 0 saturated heterocycles. The van der Waals surface area contributed by atoms with Gasteiger partial charge in [-0.25, -0.2) is 4.39 Å². The fourth-order valence-electron chi connectivity index (χ4n) is 3.18. The highest BCUT2D eigenvalue weighted by atomic mass is 19.1. The van der Waals surface area contributed by atoms with Crippen LogP contribution in [0.5, 0.6) is 0 Å². The van der Waals surface area contributed by atoms with Gasteiger partial charge in [0, 0.05) is 31.9 Å². The lowest BCUT2D eigenvalue weighted by Gasteiger charge is -2.21. The molecule has 2 rings (SSSR count). The summed E-state index contributed by atoms with van der Waals surface area (Å²) in [4.78, 5) is 14.4. The molecule has 1 amide bonds. The summed E-state index contributed by atoms with van der Waals surface area (Å²) >= 11 is 0. The van der Waals surface area contributed by atoms with Crippen molar-refractivity contribution in [1.82, 2.24) is 9.47 Å². The van der Waals surface area contributed by atoms with E-state index in [0.717, 1.165) is 16.8 Å². The molecule has 3 N–H and O–H groups in total. The zero-order valence-electron chi connectivity index (χ0n) is 16.8. The van der Waals surface area contributed by atoms with E-state index >= 15 is 0 Å². The van der Waals surface area contributed by atoms with E-state index in [4.69, 9.17) is 5.11 Å². The maximum Gasteiger partial charge on any atom is 0.239 e. The summed E-state index contributed by atoms with van der Waals surface area (Å²) in [6.07, 6.45) is 0.496. The molecule has 1 heterocycles. The van der Waals surface area contributed by atoms with Crippen LogP contribution in [0, 0.1) is 31.0 Å². The van der Waals surface area contributed by atoms with E-state index in [0.29, 0.717) is 37.4 Å². The number of aliphatic hydroxyl groups excluding tert-OH is 2. The Bertz CT molecular complexity index is 872. The number of hydrogen-bond acceptors (Lipinski definition) is 5. The quantitative estimate of drug-likeness (QED) is 0.562. The number of benzene rings is 1. The van der Waals surface area contributed by atoms with Gasteiger partial charge in [0.15, 0.2) is 0 Å². The van der Waals surface area contributed by atoms with Gasteiger partial charge in [-0.3, -0.25) is 9.69 Å². The Hall–Kier alpha value is -2.73. The van der Waals surface area contributed by atoms with E-state index in [2.05, 4.69) is 11.4 Å². The second kappa shape index (κ2) is 10.7. The summed E-state index contributed by atoms with van der Waals surface area (Å²) < 4.78 is 15.0. The fourth-order valence-corrected chi connectivity index (χ4v) is 3.18. The highest BCUT2D eigenvalue weighted by Crippen LogP contribution is 2.27. The Labute approximate surface area is 170 Å². The number of anilines is 1. The SMILES string of the molecule is Cc1c(C#N)c(NC(=O)CN(CCO)CCCO)n(Cc2ccc(F)cc2)c1C. The largest absolute Gasteiger partial charge is 0.396 e. The van der Waals surface area contributed by atoms with Gasteiger partial charge in [0.25, 0.3) is 0 Å². The van der Waals surface area contributed by atoms with Crippen LogP contribution in [0.3, 0.4) is 0 Å². The standard InChI is InChI=1S/C21H27FN4O3/c1-15-16(2)26(13-17-4-6-18(22)7-5-17)21(19(15)12-23)24-20(29)14-25(9-11-28)8-3-10-27/h4-7,27-28H,3,8-11,13-14H2,1-2H3,(H,24,29). The molecule has 1 aromatic carbocycles. The molecule has 29 heavy (non-hydrogen) atoms. The number of amides is 1. The summed E-state index contributed by atoms with van der Waals surface area (Å²) in [5.74, 6) is -0.235. The van der Waals surface area contributed by atoms with Gasteiger partial charge in [0.1, 0.15) is 17.7 Å². The summed E-state index contributed by atoms with van der Waals surface area (Å²) in [6.45, 7) is 4.80. The molecule has 0 aliphatic heterocycles. The second-order valence-electron chi connectivity index (χ2n) is 6.88. The van der Waals surface area contributed by atoms with Crippen LogP contribution in [0.1, 0.15) is 28.8 Å². The predicted octanol–water partition coefficient (Wildman–Crippen LogP) is 1.78. The van der Waals surface area contributed by atoms with Crippen LogP contribution in [0.2, 0.25) is 0 Å². The minimum absolute atomic E-state index is 0.00103. The third-order valence-electron chi connectivity index (χ3n) is 4.87. The van der Waals surface area contributed by atoms with Crippen molar-refractivity contribution in [2.45, 2.75) is 26.8 Å². The number of carbonyl (C=O) groups is 1. The van der Waals surface area contributed by atoms with Gasteiger partial charge in [-0.05, 0) is 43.5 Å². The monoisotopic (exact) mass is 402 g/mol. The molecule has 0 unspecified atom stereocenters. The van der Waals surface area contributed by atoms with E-state index in [1.54, 1.807) is 17.0 Å². The molecule has 0 saturated carbocycles. The van der Waals surface area contributed by atoms with Gasteiger partial charge >= 0.3 is 0 Å². The number of aromatic nitrogens is 1. The van der Waals surface area contributed by atoms with E-state index < -0.39 is 0 Å². The topological polar surface area (TPSA) is 102 Å². The number of carbonyl (C=O) groups excluding carboxylic acids is 1. The van der Waals surface area contributed by atoms with Crippen molar-refractivity contribution in [3.63, 3.8) is 0 Å². The molecule has 0 fully saturated rings. The van der Waals surface area contributed by atoms with Crippen molar-refractivity contribution in [3.8, 4) is 6.07 Å². The predicted molar refractivity (Wildman–Crippen MR) is 108 cm³/mol. The van der Waals surface area contributed by atoms with Crippen LogP contribution in [0.15, 0.2) is 24.3 Å². The Kier molecular flexibility index (Phi) is 8.34. The fraction of sp³-hybridized carbons (Fsp3) is 0.429. The van der Waals surface area contributed by atoms with Crippen molar-refractivity contribution in [2.75, 3.05) is 38.2 Å². The van der Waals surface area contributed by atoms with E-state index in [1.807, 2.05) is 18.4 Å². The molecule has 1 aromatic heterocycles. The maximum absolute atomic E-state index is 13.2. The Morgan fingerprint density at radius 1 is 1.21 bits per heavy atom. The Morgan fingerprint density at radius 2 is 1.90 bits per heavy atom. The molecule has 0 radical (unpaired) electrons. The number of halogens is 1. The molecule has 0 spiro atoms. The first-order valence-corrected chi connectivity index (χ1v) is 9.49. The molecule has 0 aliphatic carbocycles. The van der Waals surface area contributed by atoms with Crippen LogP contribution in [0.4, 0.5) is 10.2 Å².